The molecule has 0 unspecified atom stereocenters. The van der Waals surface area contributed by atoms with E-state index >= 15 is 0 Å². The van der Waals surface area contributed by atoms with Gasteiger partial charge in [0.1, 0.15) is 0 Å². The van der Waals surface area contributed by atoms with Crippen molar-refractivity contribution >= 4 is 0 Å². The van der Waals surface area contributed by atoms with Gasteiger partial charge in [0.2, 0.25) is 0 Å². The highest BCUT2D eigenvalue weighted by Crippen LogP contribution is 2.25. The zero-order valence-corrected chi connectivity index (χ0v) is 11.7. The third-order valence-electron chi connectivity index (χ3n) is 3.92. The molecule has 1 fully saturated rings. The molecule has 1 N–H and O–H groups in total. The van der Waals surface area contributed by atoms with Gasteiger partial charge < -0.3 is 0 Å². The summed E-state index contributed by atoms with van der Waals surface area (Å²) in [6, 6.07) is 21.0. The smallest absolute Gasteiger partial charge is 0.0821 e. The lowest BCUT2D eigenvalue weighted by Gasteiger charge is -2.22. The van der Waals surface area contributed by atoms with Gasteiger partial charge >= 0.3 is 0 Å². The standard InChI is InChI=1S/C18H21NO/c1-3-9-15(10-4-1)18(16-11-5-2-6-12-16)19-20-17-13-7-8-14-17/h1-6,9-12,17-19H,7-8,13-14H2. The number of benzene rings is 2. The first kappa shape index (κ1) is 13.3. The molecule has 1 aliphatic carbocycles. The molecule has 0 amide bonds. The summed E-state index contributed by atoms with van der Waals surface area (Å²) in [5.41, 5.74) is 5.76. The zero-order chi connectivity index (χ0) is 13.6. The van der Waals surface area contributed by atoms with Crippen LogP contribution in [0.25, 0.3) is 0 Å². The van der Waals surface area contributed by atoms with Crippen molar-refractivity contribution in [3.63, 3.8) is 0 Å². The van der Waals surface area contributed by atoms with Crippen LogP contribution in [0, 0.1) is 0 Å². The second-order valence-electron chi connectivity index (χ2n) is 5.40. The Kier molecular flexibility index (Phi) is 4.46. The predicted octanol–water partition coefficient (Wildman–Crippen LogP) is 4.24. The van der Waals surface area contributed by atoms with Crippen LogP contribution in [0.2, 0.25) is 0 Å². The number of nitrogens with one attached hydrogen (secondary N) is 1. The number of hydrogen-bond donors (Lipinski definition) is 1. The van der Waals surface area contributed by atoms with Crippen LogP contribution in [0.15, 0.2) is 60.7 Å². The van der Waals surface area contributed by atoms with Crippen LogP contribution in [-0.4, -0.2) is 6.10 Å². The maximum Gasteiger partial charge on any atom is 0.0821 e. The third kappa shape index (κ3) is 3.27. The average Bonchev–Trinajstić information content (AvgIpc) is 3.03. The summed E-state index contributed by atoms with van der Waals surface area (Å²) >= 11 is 0. The lowest BCUT2D eigenvalue weighted by Crippen LogP contribution is -2.27. The van der Waals surface area contributed by atoms with Crippen LogP contribution < -0.4 is 5.48 Å². The Bertz CT molecular complexity index is 466. The van der Waals surface area contributed by atoms with Gasteiger partial charge in [0.15, 0.2) is 0 Å². The molecular weight excluding hydrogens is 246 g/mol. The topological polar surface area (TPSA) is 21.3 Å². The molecule has 2 aromatic rings. The molecule has 2 nitrogen and oxygen atoms in total. The van der Waals surface area contributed by atoms with Crippen molar-refractivity contribution in [3.8, 4) is 0 Å². The summed E-state index contributed by atoms with van der Waals surface area (Å²) < 4.78 is 0. The van der Waals surface area contributed by atoms with Crippen LogP contribution in [-0.2, 0) is 4.84 Å². The largest absolute Gasteiger partial charge is 0.298 e. The minimum Gasteiger partial charge on any atom is -0.298 e. The maximum absolute atomic E-state index is 5.92. The Hall–Kier alpha value is -1.64. The third-order valence-corrected chi connectivity index (χ3v) is 3.92. The van der Waals surface area contributed by atoms with Crippen molar-refractivity contribution in [1.82, 2.24) is 5.48 Å². The molecule has 20 heavy (non-hydrogen) atoms. The highest BCUT2D eigenvalue weighted by atomic mass is 16.7. The molecular formula is C18H21NO. The van der Waals surface area contributed by atoms with Gasteiger partial charge in [0.05, 0.1) is 12.1 Å². The summed E-state index contributed by atoms with van der Waals surface area (Å²) in [4.78, 5) is 5.92. The van der Waals surface area contributed by atoms with E-state index in [0.29, 0.717) is 6.10 Å². The summed E-state index contributed by atoms with van der Waals surface area (Å²) in [7, 11) is 0. The van der Waals surface area contributed by atoms with Gasteiger partial charge in [-0.05, 0) is 24.0 Å². The molecule has 3 rings (SSSR count). The van der Waals surface area contributed by atoms with Gasteiger partial charge in [-0.15, -0.1) is 0 Å². The van der Waals surface area contributed by atoms with E-state index < -0.39 is 0 Å². The molecule has 1 saturated carbocycles. The molecule has 0 spiro atoms. The van der Waals surface area contributed by atoms with E-state index in [-0.39, 0.29) is 6.04 Å². The van der Waals surface area contributed by atoms with Gasteiger partial charge in [-0.1, -0.05) is 73.5 Å². The minimum atomic E-state index is 0.0954. The fourth-order valence-electron chi connectivity index (χ4n) is 2.79. The Morgan fingerprint density at radius 3 is 1.80 bits per heavy atom. The summed E-state index contributed by atoms with van der Waals surface area (Å²) in [6.45, 7) is 0. The molecule has 104 valence electrons. The highest BCUT2D eigenvalue weighted by molar-refractivity contribution is 5.31. The maximum atomic E-state index is 5.92. The number of hydrogen-bond acceptors (Lipinski definition) is 2. The summed E-state index contributed by atoms with van der Waals surface area (Å²) in [6.07, 6.45) is 5.28. The van der Waals surface area contributed by atoms with Gasteiger partial charge in [-0.2, -0.15) is 5.48 Å². The van der Waals surface area contributed by atoms with Crippen molar-refractivity contribution in [2.45, 2.75) is 37.8 Å². The Morgan fingerprint density at radius 1 is 0.800 bits per heavy atom. The monoisotopic (exact) mass is 267 g/mol. The van der Waals surface area contributed by atoms with Crippen molar-refractivity contribution < 1.29 is 4.84 Å². The van der Waals surface area contributed by atoms with E-state index in [1.54, 1.807) is 0 Å². The SMILES string of the molecule is c1ccc(C(NOC2CCCC2)c2ccccc2)cc1. The molecule has 0 aliphatic heterocycles. The summed E-state index contributed by atoms with van der Waals surface area (Å²) in [5.74, 6) is 0. The second kappa shape index (κ2) is 6.69. The molecule has 1 aliphatic rings. The normalized spacial score (nSPS) is 15.8. The first-order chi connectivity index (χ1) is 9.93. The van der Waals surface area contributed by atoms with E-state index in [2.05, 4.69) is 54.0 Å². The molecule has 2 aromatic carbocycles. The van der Waals surface area contributed by atoms with Gasteiger partial charge in [-0.25, -0.2) is 0 Å². The Labute approximate surface area is 120 Å². The molecule has 0 aromatic heterocycles. The average molecular weight is 267 g/mol. The van der Waals surface area contributed by atoms with Gasteiger partial charge in [-0.3, -0.25) is 4.84 Å². The molecule has 0 radical (unpaired) electrons. The minimum absolute atomic E-state index is 0.0954. The fraction of sp³-hybridized carbons (Fsp3) is 0.333. The van der Waals surface area contributed by atoms with E-state index in [0.717, 1.165) is 0 Å². The number of hydroxylamine groups is 1. The first-order valence-electron chi connectivity index (χ1n) is 7.44. The lowest BCUT2D eigenvalue weighted by molar-refractivity contribution is -0.0340. The van der Waals surface area contributed by atoms with E-state index in [1.165, 1.54) is 36.8 Å². The van der Waals surface area contributed by atoms with Crippen LogP contribution in [0.5, 0.6) is 0 Å². The summed E-state index contributed by atoms with van der Waals surface area (Å²) in [5, 5.41) is 0. The molecule has 0 saturated heterocycles. The second-order valence-corrected chi connectivity index (χ2v) is 5.40. The van der Waals surface area contributed by atoms with Crippen molar-refractivity contribution in [3.05, 3.63) is 71.8 Å². The van der Waals surface area contributed by atoms with E-state index in [1.807, 2.05) is 12.1 Å². The Morgan fingerprint density at radius 2 is 1.30 bits per heavy atom. The molecule has 0 heterocycles. The lowest BCUT2D eigenvalue weighted by atomic mass is 10.00. The quantitative estimate of drug-likeness (QED) is 0.818. The van der Waals surface area contributed by atoms with Gasteiger partial charge in [0.25, 0.3) is 0 Å². The Balaban J connectivity index is 1.76. The van der Waals surface area contributed by atoms with Crippen molar-refractivity contribution in [1.29, 1.82) is 0 Å². The van der Waals surface area contributed by atoms with Crippen molar-refractivity contribution in [2.75, 3.05) is 0 Å². The van der Waals surface area contributed by atoms with Crippen molar-refractivity contribution in [2.24, 2.45) is 0 Å². The van der Waals surface area contributed by atoms with Crippen LogP contribution in [0.4, 0.5) is 0 Å². The van der Waals surface area contributed by atoms with E-state index in [9.17, 15) is 0 Å². The fourth-order valence-corrected chi connectivity index (χ4v) is 2.79. The zero-order valence-electron chi connectivity index (χ0n) is 11.7. The number of rotatable bonds is 5. The van der Waals surface area contributed by atoms with Crippen LogP contribution in [0.1, 0.15) is 42.9 Å². The molecule has 0 bridgehead atoms. The van der Waals surface area contributed by atoms with Crippen LogP contribution >= 0.6 is 0 Å². The molecule has 0 atom stereocenters. The first-order valence-corrected chi connectivity index (χ1v) is 7.44. The van der Waals surface area contributed by atoms with Gasteiger partial charge in [0, 0.05) is 0 Å². The van der Waals surface area contributed by atoms with E-state index in [4.69, 9.17) is 4.84 Å². The highest BCUT2D eigenvalue weighted by Gasteiger charge is 2.19. The van der Waals surface area contributed by atoms with Crippen LogP contribution in [0.3, 0.4) is 0 Å². The predicted molar refractivity (Wildman–Crippen MR) is 81.2 cm³/mol. The molecule has 2 heteroatoms.